The van der Waals surface area contributed by atoms with Crippen molar-refractivity contribution in [3.8, 4) is 0 Å². The molecule has 0 amide bonds. The fourth-order valence-corrected chi connectivity index (χ4v) is 3.56. The molecule has 0 aromatic heterocycles. The normalized spacial score (nSPS) is 24.2. The second-order valence-electron chi connectivity index (χ2n) is 7.78. The molecule has 0 bridgehead atoms. The van der Waals surface area contributed by atoms with E-state index in [9.17, 15) is 4.79 Å². The largest absolute Gasteiger partial charge is 0.461 e. The molecule has 1 heterocycles. The van der Waals surface area contributed by atoms with Gasteiger partial charge in [0, 0.05) is 16.7 Å². The lowest BCUT2D eigenvalue weighted by molar-refractivity contribution is -0.244. The maximum atomic E-state index is 11.8. The van der Waals surface area contributed by atoms with Gasteiger partial charge in [-0.2, -0.15) is 0 Å². The summed E-state index contributed by atoms with van der Waals surface area (Å²) in [5.74, 6) is -0.605. The highest BCUT2D eigenvalue weighted by atomic mass is 16.7. The first-order chi connectivity index (χ1) is 16.6. The molecule has 2 rings (SSSR count). The first-order valence-corrected chi connectivity index (χ1v) is 11.4. The molecular formula is C23H32N6O5. The maximum Gasteiger partial charge on any atom is 0.302 e. The van der Waals surface area contributed by atoms with Crippen LogP contribution >= 0.6 is 0 Å². The minimum absolute atomic E-state index is 0.0545. The Morgan fingerprint density at radius 3 is 2.50 bits per heavy atom. The smallest absolute Gasteiger partial charge is 0.302 e. The Bertz CT molecular complexity index is 870. The van der Waals surface area contributed by atoms with E-state index in [2.05, 4.69) is 39.1 Å². The lowest BCUT2D eigenvalue weighted by Gasteiger charge is -2.42. The number of hydrogen-bond acceptors (Lipinski definition) is 7. The van der Waals surface area contributed by atoms with Crippen molar-refractivity contribution in [1.82, 2.24) is 0 Å². The van der Waals surface area contributed by atoms with Crippen molar-refractivity contribution >= 4 is 5.97 Å². The topological polar surface area (TPSA) is 152 Å². The monoisotopic (exact) mass is 472 g/mol. The molecular weight excluding hydrogens is 440 g/mol. The van der Waals surface area contributed by atoms with Crippen molar-refractivity contribution in [1.29, 1.82) is 0 Å². The fourth-order valence-electron chi connectivity index (χ4n) is 3.56. The van der Waals surface area contributed by atoms with Gasteiger partial charge in [0.05, 0.1) is 25.9 Å². The zero-order valence-corrected chi connectivity index (χ0v) is 19.6. The average molecular weight is 473 g/mol. The molecule has 1 unspecified atom stereocenters. The Balaban J connectivity index is 2.13. The molecule has 0 saturated carbocycles. The zero-order chi connectivity index (χ0) is 24.6. The van der Waals surface area contributed by atoms with Gasteiger partial charge in [-0.25, -0.2) is 0 Å². The second kappa shape index (κ2) is 15.7. The molecule has 1 aliphatic rings. The Labute approximate surface area is 199 Å². The number of hydrogen-bond donors (Lipinski definition) is 0. The highest BCUT2D eigenvalue weighted by Crippen LogP contribution is 2.30. The minimum atomic E-state index is -1.06. The molecule has 5 atom stereocenters. The van der Waals surface area contributed by atoms with Gasteiger partial charge in [0.15, 0.2) is 6.29 Å². The van der Waals surface area contributed by atoms with Gasteiger partial charge < -0.3 is 18.9 Å². The molecule has 1 fully saturated rings. The Hall–Kier alpha value is -3.07. The van der Waals surface area contributed by atoms with Gasteiger partial charge in [-0.05, 0) is 35.9 Å². The Kier molecular flexibility index (Phi) is 12.6. The van der Waals surface area contributed by atoms with E-state index in [1.165, 1.54) is 6.92 Å². The van der Waals surface area contributed by atoms with Crippen LogP contribution in [0.1, 0.15) is 45.1 Å². The maximum absolute atomic E-state index is 11.8. The predicted octanol–water partition coefficient (Wildman–Crippen LogP) is 5.37. The molecule has 0 N–H and O–H groups in total. The van der Waals surface area contributed by atoms with Crippen molar-refractivity contribution in [2.75, 3.05) is 13.2 Å². The molecule has 0 spiro atoms. The summed E-state index contributed by atoms with van der Waals surface area (Å²) in [5, 5.41) is 7.53. The predicted molar refractivity (Wildman–Crippen MR) is 125 cm³/mol. The zero-order valence-electron chi connectivity index (χ0n) is 19.6. The molecule has 0 aliphatic carbocycles. The molecule has 184 valence electrons. The third-order valence-electron chi connectivity index (χ3n) is 5.13. The summed E-state index contributed by atoms with van der Waals surface area (Å²) in [6.45, 7) is 4.06. The van der Waals surface area contributed by atoms with Crippen LogP contribution in [0.4, 0.5) is 0 Å². The van der Waals surface area contributed by atoms with Crippen molar-refractivity contribution in [3.63, 3.8) is 0 Å². The number of rotatable bonds is 14. The summed E-state index contributed by atoms with van der Waals surface area (Å²) in [4.78, 5) is 17.5. The number of benzene rings is 1. The van der Waals surface area contributed by atoms with E-state index in [-0.39, 0.29) is 6.61 Å². The summed E-state index contributed by atoms with van der Waals surface area (Å²) >= 11 is 0. The average Bonchev–Trinajstić information content (AvgIpc) is 2.83. The van der Waals surface area contributed by atoms with E-state index in [0.717, 1.165) is 31.2 Å². The molecule has 34 heavy (non-hydrogen) atoms. The van der Waals surface area contributed by atoms with Crippen LogP contribution in [0, 0.1) is 0 Å². The molecule has 1 aromatic carbocycles. The van der Waals surface area contributed by atoms with Gasteiger partial charge in [0.2, 0.25) is 0 Å². The number of allylic oxidation sites excluding steroid dienone is 2. The van der Waals surface area contributed by atoms with Gasteiger partial charge >= 0.3 is 5.97 Å². The number of unbranched alkanes of at least 4 members (excludes halogenated alkanes) is 2. The van der Waals surface area contributed by atoms with E-state index in [4.69, 9.17) is 30.0 Å². The Morgan fingerprint density at radius 1 is 1.12 bits per heavy atom. The van der Waals surface area contributed by atoms with Gasteiger partial charge in [-0.15, -0.1) is 0 Å². The van der Waals surface area contributed by atoms with Crippen LogP contribution in [0.3, 0.4) is 0 Å². The Morgan fingerprint density at radius 2 is 1.82 bits per heavy atom. The van der Waals surface area contributed by atoms with Crippen molar-refractivity contribution < 1.29 is 23.7 Å². The minimum Gasteiger partial charge on any atom is -0.461 e. The van der Waals surface area contributed by atoms with Crippen LogP contribution in [0.15, 0.2) is 52.7 Å². The van der Waals surface area contributed by atoms with Crippen LogP contribution in [0.25, 0.3) is 20.9 Å². The second-order valence-corrected chi connectivity index (χ2v) is 7.78. The quantitative estimate of drug-likeness (QED) is 0.0889. The third kappa shape index (κ3) is 9.05. The highest BCUT2D eigenvalue weighted by molar-refractivity contribution is 5.66. The van der Waals surface area contributed by atoms with Crippen molar-refractivity contribution in [3.05, 3.63) is 68.9 Å². The van der Waals surface area contributed by atoms with E-state index in [1.807, 2.05) is 30.3 Å². The first-order valence-electron chi connectivity index (χ1n) is 11.4. The van der Waals surface area contributed by atoms with Crippen LogP contribution in [0.5, 0.6) is 0 Å². The van der Waals surface area contributed by atoms with E-state index < -0.39 is 36.6 Å². The lowest BCUT2D eigenvalue weighted by Crippen LogP contribution is -2.59. The SMILES string of the molecule is CCC/C=C/CCCOC1O[C@H](COCc2ccccc2)[C@H](N=[N+]=[N-])[C@H](OC(C)=O)[C@H]1N=[N+]=[N-]. The van der Waals surface area contributed by atoms with E-state index in [1.54, 1.807) is 0 Å². The number of esters is 1. The summed E-state index contributed by atoms with van der Waals surface area (Å²) in [6.07, 6.45) is 5.08. The van der Waals surface area contributed by atoms with E-state index in [0.29, 0.717) is 13.2 Å². The summed E-state index contributed by atoms with van der Waals surface area (Å²) in [6, 6.07) is 7.58. The van der Waals surface area contributed by atoms with Crippen molar-refractivity contribution in [2.24, 2.45) is 10.2 Å². The summed E-state index contributed by atoms with van der Waals surface area (Å²) < 4.78 is 23.1. The molecule has 0 radical (unpaired) electrons. The number of nitrogens with zero attached hydrogens (tertiary/aromatic N) is 6. The third-order valence-corrected chi connectivity index (χ3v) is 5.13. The molecule has 1 saturated heterocycles. The molecule has 11 nitrogen and oxygen atoms in total. The lowest BCUT2D eigenvalue weighted by atomic mass is 9.95. The standard InChI is InChI=1S/C23H32N6O5/c1-3-4-5-6-7-11-14-32-23-21(27-29-25)22(33-17(2)30)20(26-28-24)19(34-23)16-31-15-18-12-9-8-10-13-18/h5-6,8-10,12-13,19-23H,3-4,7,11,14-16H2,1-2H3/b6-5+/t19-,20+,21-,22+,23?/m1/s1. The van der Waals surface area contributed by atoms with Gasteiger partial charge in [0.1, 0.15) is 18.2 Å². The number of ether oxygens (including phenoxy) is 4. The molecule has 1 aromatic rings. The van der Waals surface area contributed by atoms with Crippen LogP contribution < -0.4 is 0 Å². The summed E-state index contributed by atoms with van der Waals surface area (Å²) in [7, 11) is 0. The fraction of sp³-hybridized carbons (Fsp3) is 0.609. The number of carbonyl (C=O) groups is 1. The van der Waals surface area contributed by atoms with Crippen LogP contribution in [-0.2, 0) is 30.3 Å². The van der Waals surface area contributed by atoms with Gasteiger partial charge in [-0.3, -0.25) is 4.79 Å². The van der Waals surface area contributed by atoms with E-state index >= 15 is 0 Å². The van der Waals surface area contributed by atoms with Gasteiger partial charge in [0.25, 0.3) is 0 Å². The number of carbonyl (C=O) groups excluding carboxylic acids is 1. The van der Waals surface area contributed by atoms with Gasteiger partial charge in [-0.1, -0.05) is 66.1 Å². The molecule has 11 heteroatoms. The van der Waals surface area contributed by atoms with Crippen LogP contribution in [0.2, 0.25) is 0 Å². The number of azide groups is 2. The highest BCUT2D eigenvalue weighted by Gasteiger charge is 2.48. The van der Waals surface area contributed by atoms with Crippen molar-refractivity contribution in [2.45, 2.75) is 76.7 Å². The summed E-state index contributed by atoms with van der Waals surface area (Å²) in [5.41, 5.74) is 19.2. The first kappa shape index (κ1) is 27.2. The van der Waals surface area contributed by atoms with Crippen LogP contribution in [-0.4, -0.2) is 49.8 Å². The molecule has 1 aliphatic heterocycles.